The van der Waals surface area contributed by atoms with E-state index < -0.39 is 5.54 Å². The molecule has 0 atom stereocenters. The molecule has 1 aliphatic rings. The molecule has 1 aromatic carbocycles. The number of fused-ring (bicyclic) bond motifs is 1. The Labute approximate surface area is 116 Å². The second-order valence-electron chi connectivity index (χ2n) is 5.85. The molecule has 3 heteroatoms. The van der Waals surface area contributed by atoms with Crippen molar-refractivity contribution >= 4 is 11.6 Å². The zero-order valence-corrected chi connectivity index (χ0v) is 12.4. The lowest BCUT2D eigenvalue weighted by Crippen LogP contribution is -2.55. The highest BCUT2D eigenvalue weighted by molar-refractivity contribution is 6.00. The maximum atomic E-state index is 12.7. The molecule has 1 N–H and O–H groups in total. The van der Waals surface area contributed by atoms with E-state index in [0.29, 0.717) is 0 Å². The van der Waals surface area contributed by atoms with Crippen molar-refractivity contribution in [1.82, 2.24) is 5.32 Å². The summed E-state index contributed by atoms with van der Waals surface area (Å²) in [6, 6.07) is 6.38. The van der Waals surface area contributed by atoms with Crippen LogP contribution in [0, 0.1) is 6.92 Å². The summed E-state index contributed by atoms with van der Waals surface area (Å²) in [7, 11) is 0. The summed E-state index contributed by atoms with van der Waals surface area (Å²) >= 11 is 0. The molecule has 0 bridgehead atoms. The quantitative estimate of drug-likeness (QED) is 0.906. The van der Waals surface area contributed by atoms with E-state index in [9.17, 15) is 4.79 Å². The molecule has 0 aromatic heterocycles. The van der Waals surface area contributed by atoms with Gasteiger partial charge in [0.1, 0.15) is 0 Å². The summed E-state index contributed by atoms with van der Waals surface area (Å²) in [5, 5.41) is 3.27. The highest BCUT2D eigenvalue weighted by Crippen LogP contribution is 2.29. The van der Waals surface area contributed by atoms with Crippen LogP contribution in [0.4, 0.5) is 5.69 Å². The molecule has 0 aliphatic carbocycles. The van der Waals surface area contributed by atoms with Crippen LogP contribution in [-0.4, -0.2) is 24.5 Å². The van der Waals surface area contributed by atoms with Crippen molar-refractivity contribution < 1.29 is 4.79 Å². The summed E-state index contributed by atoms with van der Waals surface area (Å²) in [5.74, 6) is 0.166. The fourth-order valence-corrected chi connectivity index (χ4v) is 2.79. The third-order valence-electron chi connectivity index (χ3n) is 3.75. The van der Waals surface area contributed by atoms with E-state index in [4.69, 9.17) is 0 Å². The van der Waals surface area contributed by atoms with Crippen LogP contribution in [0.2, 0.25) is 0 Å². The smallest absolute Gasteiger partial charge is 0.246 e. The van der Waals surface area contributed by atoms with Crippen molar-refractivity contribution in [1.29, 1.82) is 0 Å². The Morgan fingerprint density at radius 1 is 1.42 bits per heavy atom. The Hall–Kier alpha value is -1.35. The Morgan fingerprint density at radius 2 is 2.16 bits per heavy atom. The lowest BCUT2D eigenvalue weighted by Gasteiger charge is -2.36. The van der Waals surface area contributed by atoms with Gasteiger partial charge in [0.2, 0.25) is 5.91 Å². The molecule has 0 saturated carbocycles. The van der Waals surface area contributed by atoms with Crippen molar-refractivity contribution in [2.45, 2.75) is 46.1 Å². The minimum atomic E-state index is -0.506. The van der Waals surface area contributed by atoms with Crippen LogP contribution in [0.3, 0.4) is 0 Å². The molecule has 104 valence electrons. The van der Waals surface area contributed by atoms with Gasteiger partial charge in [-0.3, -0.25) is 4.79 Å². The Balaban J connectivity index is 2.31. The standard InChI is InChI=1S/C16H24N2O/c1-5-17-16(3,4)15(19)18-10-6-7-13-11-12(2)8-9-14(13)18/h8-9,11,17H,5-7,10H2,1-4H3. The summed E-state index contributed by atoms with van der Waals surface area (Å²) in [6.07, 6.45) is 2.12. The molecule has 1 heterocycles. The summed E-state index contributed by atoms with van der Waals surface area (Å²) in [4.78, 5) is 14.7. The maximum Gasteiger partial charge on any atom is 0.246 e. The van der Waals surface area contributed by atoms with Crippen LogP contribution in [0.25, 0.3) is 0 Å². The monoisotopic (exact) mass is 260 g/mol. The van der Waals surface area contributed by atoms with Gasteiger partial charge in [-0.1, -0.05) is 24.6 Å². The lowest BCUT2D eigenvalue weighted by molar-refractivity contribution is -0.123. The van der Waals surface area contributed by atoms with Gasteiger partial charge in [0, 0.05) is 12.2 Å². The lowest BCUT2D eigenvalue weighted by atomic mass is 9.96. The first-order valence-corrected chi connectivity index (χ1v) is 7.12. The van der Waals surface area contributed by atoms with Gasteiger partial charge < -0.3 is 10.2 Å². The highest BCUT2D eigenvalue weighted by atomic mass is 16.2. The highest BCUT2D eigenvalue weighted by Gasteiger charge is 2.33. The molecule has 1 amide bonds. The molecule has 0 radical (unpaired) electrons. The number of carbonyl (C=O) groups is 1. The Kier molecular flexibility index (Phi) is 3.95. The summed E-state index contributed by atoms with van der Waals surface area (Å²) < 4.78 is 0. The van der Waals surface area contributed by atoms with E-state index in [-0.39, 0.29) is 5.91 Å². The first-order chi connectivity index (χ1) is 8.95. The predicted octanol–water partition coefficient (Wildman–Crippen LogP) is 2.66. The fraction of sp³-hybridized carbons (Fsp3) is 0.562. The fourth-order valence-electron chi connectivity index (χ4n) is 2.79. The molecular formula is C16H24N2O. The van der Waals surface area contributed by atoms with E-state index in [0.717, 1.165) is 31.6 Å². The normalized spacial score (nSPS) is 15.3. The Morgan fingerprint density at radius 3 is 2.84 bits per heavy atom. The van der Waals surface area contributed by atoms with Crippen molar-refractivity contribution in [3.8, 4) is 0 Å². The second kappa shape index (κ2) is 5.33. The molecule has 3 nitrogen and oxygen atoms in total. The predicted molar refractivity (Wildman–Crippen MR) is 79.6 cm³/mol. The minimum Gasteiger partial charge on any atom is -0.311 e. The first-order valence-electron chi connectivity index (χ1n) is 7.12. The number of amides is 1. The second-order valence-corrected chi connectivity index (χ2v) is 5.85. The number of anilines is 1. The number of aryl methyl sites for hydroxylation is 2. The molecule has 1 aliphatic heterocycles. The van der Waals surface area contributed by atoms with Gasteiger partial charge >= 0.3 is 0 Å². The van der Waals surface area contributed by atoms with E-state index in [2.05, 4.69) is 30.4 Å². The van der Waals surface area contributed by atoms with Crippen LogP contribution in [-0.2, 0) is 11.2 Å². The zero-order chi connectivity index (χ0) is 14.0. The third kappa shape index (κ3) is 2.81. The number of likely N-dealkylation sites (N-methyl/N-ethyl adjacent to an activating group) is 1. The van der Waals surface area contributed by atoms with E-state index in [1.54, 1.807) is 0 Å². The number of nitrogens with one attached hydrogen (secondary N) is 1. The number of rotatable bonds is 3. The van der Waals surface area contributed by atoms with Crippen LogP contribution in [0.5, 0.6) is 0 Å². The molecule has 0 saturated heterocycles. The SMILES string of the molecule is CCNC(C)(C)C(=O)N1CCCc2cc(C)ccc21. The molecule has 0 unspecified atom stereocenters. The zero-order valence-electron chi connectivity index (χ0n) is 12.4. The van der Waals surface area contributed by atoms with Gasteiger partial charge in [0.15, 0.2) is 0 Å². The third-order valence-corrected chi connectivity index (χ3v) is 3.75. The molecular weight excluding hydrogens is 236 g/mol. The average molecular weight is 260 g/mol. The van der Waals surface area contributed by atoms with Crippen molar-refractivity contribution in [2.24, 2.45) is 0 Å². The van der Waals surface area contributed by atoms with Gasteiger partial charge in [0.05, 0.1) is 5.54 Å². The van der Waals surface area contributed by atoms with Crippen LogP contribution in [0.1, 0.15) is 38.3 Å². The molecule has 0 spiro atoms. The number of carbonyl (C=O) groups excluding carboxylic acids is 1. The molecule has 1 aromatic rings. The van der Waals surface area contributed by atoms with Gasteiger partial charge in [-0.05, 0) is 51.8 Å². The van der Waals surface area contributed by atoms with Crippen molar-refractivity contribution in [2.75, 3.05) is 18.0 Å². The molecule has 2 rings (SSSR count). The van der Waals surface area contributed by atoms with Gasteiger partial charge in [0.25, 0.3) is 0 Å². The number of hydrogen-bond donors (Lipinski definition) is 1. The van der Waals surface area contributed by atoms with Crippen LogP contribution < -0.4 is 10.2 Å². The first kappa shape index (κ1) is 14.1. The molecule has 0 fully saturated rings. The summed E-state index contributed by atoms with van der Waals surface area (Å²) in [5.41, 5.74) is 3.15. The minimum absolute atomic E-state index is 0.166. The van der Waals surface area contributed by atoms with E-state index in [1.165, 1.54) is 11.1 Å². The average Bonchev–Trinajstić information content (AvgIpc) is 2.36. The van der Waals surface area contributed by atoms with Crippen LogP contribution >= 0.6 is 0 Å². The van der Waals surface area contributed by atoms with Crippen molar-refractivity contribution in [3.63, 3.8) is 0 Å². The van der Waals surface area contributed by atoms with Crippen molar-refractivity contribution in [3.05, 3.63) is 29.3 Å². The van der Waals surface area contributed by atoms with Gasteiger partial charge in [-0.25, -0.2) is 0 Å². The summed E-state index contributed by atoms with van der Waals surface area (Å²) in [6.45, 7) is 9.67. The van der Waals surface area contributed by atoms with Gasteiger partial charge in [-0.2, -0.15) is 0 Å². The largest absolute Gasteiger partial charge is 0.311 e. The van der Waals surface area contributed by atoms with Gasteiger partial charge in [-0.15, -0.1) is 0 Å². The number of benzene rings is 1. The Bertz CT molecular complexity index is 480. The van der Waals surface area contributed by atoms with E-state index >= 15 is 0 Å². The number of hydrogen-bond acceptors (Lipinski definition) is 2. The maximum absolute atomic E-state index is 12.7. The van der Waals surface area contributed by atoms with Crippen LogP contribution in [0.15, 0.2) is 18.2 Å². The number of nitrogens with zero attached hydrogens (tertiary/aromatic N) is 1. The van der Waals surface area contributed by atoms with E-state index in [1.807, 2.05) is 25.7 Å². The topological polar surface area (TPSA) is 32.3 Å². The molecule has 19 heavy (non-hydrogen) atoms.